The molecule has 1 N–H and O–H groups in total. The highest BCUT2D eigenvalue weighted by Gasteiger charge is 2.26. The molecule has 1 fully saturated rings. The summed E-state index contributed by atoms with van der Waals surface area (Å²) in [5.74, 6) is 0.513. The quantitative estimate of drug-likeness (QED) is 0.642. The highest BCUT2D eigenvalue weighted by Crippen LogP contribution is 2.33. The molecule has 0 saturated carbocycles. The number of carbonyl (C=O) groups excluding carboxylic acids is 2. The number of amides is 2. The fourth-order valence-electron chi connectivity index (χ4n) is 3.56. The zero-order valence-electron chi connectivity index (χ0n) is 15.6. The van der Waals surface area contributed by atoms with Gasteiger partial charge in [0.05, 0.1) is 21.5 Å². The average molecular weight is 398 g/mol. The number of aromatic nitrogens is 1. The fourth-order valence-corrected chi connectivity index (χ4v) is 4.66. The maximum Gasteiger partial charge on any atom is 0.286 e. The van der Waals surface area contributed by atoms with Crippen molar-refractivity contribution in [2.24, 2.45) is 0 Å². The predicted molar refractivity (Wildman–Crippen MR) is 108 cm³/mol. The van der Waals surface area contributed by atoms with Crippen molar-refractivity contribution in [1.82, 2.24) is 15.2 Å². The van der Waals surface area contributed by atoms with Crippen molar-refractivity contribution in [1.29, 1.82) is 0 Å². The highest BCUT2D eigenvalue weighted by atomic mass is 32.1. The minimum Gasteiger partial charge on any atom is -0.459 e. The number of fused-ring (bicyclic) bond motifs is 1. The van der Waals surface area contributed by atoms with Gasteiger partial charge in [0, 0.05) is 32.0 Å². The van der Waals surface area contributed by atoms with Crippen LogP contribution < -0.4 is 5.32 Å². The first-order valence-corrected chi connectivity index (χ1v) is 10.5. The van der Waals surface area contributed by atoms with Gasteiger partial charge in [-0.15, -0.1) is 11.3 Å². The number of nitrogens with zero attached hydrogens (tertiary/aromatic N) is 2. The van der Waals surface area contributed by atoms with E-state index in [4.69, 9.17) is 9.40 Å². The third-order valence-electron chi connectivity index (χ3n) is 5.03. The van der Waals surface area contributed by atoms with Crippen LogP contribution in [0.25, 0.3) is 10.2 Å². The van der Waals surface area contributed by atoms with Crippen LogP contribution in [0.1, 0.15) is 47.2 Å². The maximum atomic E-state index is 12.6. The molecule has 1 aliphatic rings. The minimum absolute atomic E-state index is 0.151. The van der Waals surface area contributed by atoms with E-state index in [9.17, 15) is 9.59 Å². The highest BCUT2D eigenvalue weighted by molar-refractivity contribution is 7.18. The molecule has 0 spiro atoms. The first-order valence-electron chi connectivity index (χ1n) is 9.65. The molecular formula is C21H23N3O3S. The van der Waals surface area contributed by atoms with Gasteiger partial charge in [-0.1, -0.05) is 12.1 Å². The summed E-state index contributed by atoms with van der Waals surface area (Å²) in [4.78, 5) is 31.1. The van der Waals surface area contributed by atoms with Gasteiger partial charge in [-0.25, -0.2) is 4.98 Å². The number of benzene rings is 1. The van der Waals surface area contributed by atoms with E-state index in [0.717, 1.165) is 36.5 Å². The molecular weight excluding hydrogens is 374 g/mol. The van der Waals surface area contributed by atoms with Crippen LogP contribution in [0.2, 0.25) is 0 Å². The summed E-state index contributed by atoms with van der Waals surface area (Å²) < 4.78 is 6.25. The van der Waals surface area contributed by atoms with Crippen LogP contribution in [0.5, 0.6) is 0 Å². The lowest BCUT2D eigenvalue weighted by molar-refractivity contribution is -0.132. The van der Waals surface area contributed by atoms with Crippen molar-refractivity contribution in [3.05, 3.63) is 53.4 Å². The van der Waals surface area contributed by atoms with E-state index in [1.807, 2.05) is 23.1 Å². The molecule has 28 heavy (non-hydrogen) atoms. The zero-order chi connectivity index (χ0) is 19.3. The zero-order valence-corrected chi connectivity index (χ0v) is 16.4. The van der Waals surface area contributed by atoms with Gasteiger partial charge in [-0.2, -0.15) is 0 Å². The molecule has 7 heteroatoms. The van der Waals surface area contributed by atoms with Crippen LogP contribution in [0, 0.1) is 0 Å². The van der Waals surface area contributed by atoms with Crippen LogP contribution in [-0.2, 0) is 4.79 Å². The van der Waals surface area contributed by atoms with E-state index in [0.29, 0.717) is 31.1 Å². The van der Waals surface area contributed by atoms with Crippen molar-refractivity contribution in [3.8, 4) is 0 Å². The Balaban J connectivity index is 1.26. The SMILES string of the molecule is O=C(NCCCC(=O)N1CCC[C@H](c2nc3ccccc3s2)C1)c1ccco1. The predicted octanol–water partition coefficient (Wildman–Crippen LogP) is 3.81. The normalized spacial score (nSPS) is 17.0. The molecule has 1 aromatic carbocycles. The lowest BCUT2D eigenvalue weighted by Crippen LogP contribution is -2.39. The molecule has 6 nitrogen and oxygen atoms in total. The first-order chi connectivity index (χ1) is 13.7. The molecule has 3 heterocycles. The van der Waals surface area contributed by atoms with Crippen molar-refractivity contribution < 1.29 is 14.0 Å². The van der Waals surface area contributed by atoms with E-state index in [1.165, 1.54) is 11.0 Å². The van der Waals surface area contributed by atoms with Gasteiger partial charge in [-0.05, 0) is 43.5 Å². The van der Waals surface area contributed by atoms with Gasteiger partial charge in [-0.3, -0.25) is 9.59 Å². The maximum absolute atomic E-state index is 12.6. The summed E-state index contributed by atoms with van der Waals surface area (Å²) in [5.41, 5.74) is 1.04. The molecule has 1 atom stereocenters. The van der Waals surface area contributed by atoms with Gasteiger partial charge in [0.25, 0.3) is 5.91 Å². The summed E-state index contributed by atoms with van der Waals surface area (Å²) >= 11 is 1.74. The van der Waals surface area contributed by atoms with Gasteiger partial charge in [0.2, 0.25) is 5.91 Å². The van der Waals surface area contributed by atoms with Gasteiger partial charge in [0.15, 0.2) is 5.76 Å². The average Bonchev–Trinajstić information content (AvgIpc) is 3.41. The van der Waals surface area contributed by atoms with E-state index >= 15 is 0 Å². The van der Waals surface area contributed by atoms with E-state index in [2.05, 4.69) is 11.4 Å². The van der Waals surface area contributed by atoms with Crippen molar-refractivity contribution >= 4 is 33.4 Å². The molecule has 2 aromatic heterocycles. The number of hydrogen-bond acceptors (Lipinski definition) is 5. The second-order valence-electron chi connectivity index (χ2n) is 7.04. The van der Waals surface area contributed by atoms with Gasteiger partial charge in [0.1, 0.15) is 0 Å². The number of para-hydroxylation sites is 1. The van der Waals surface area contributed by atoms with Crippen LogP contribution >= 0.6 is 11.3 Å². The lowest BCUT2D eigenvalue weighted by atomic mass is 9.98. The van der Waals surface area contributed by atoms with E-state index in [1.54, 1.807) is 23.5 Å². The van der Waals surface area contributed by atoms with Crippen LogP contribution in [0.15, 0.2) is 47.1 Å². The molecule has 1 aliphatic heterocycles. The Hall–Kier alpha value is -2.67. The van der Waals surface area contributed by atoms with Crippen LogP contribution in [0.4, 0.5) is 0 Å². The summed E-state index contributed by atoms with van der Waals surface area (Å²) in [6.45, 7) is 2.00. The molecule has 2 amide bonds. The Bertz CT molecular complexity index is 918. The van der Waals surface area contributed by atoms with Gasteiger partial charge < -0.3 is 14.6 Å². The van der Waals surface area contributed by atoms with Gasteiger partial charge >= 0.3 is 0 Å². The number of hydrogen-bond donors (Lipinski definition) is 1. The Morgan fingerprint density at radius 3 is 2.96 bits per heavy atom. The Morgan fingerprint density at radius 1 is 1.25 bits per heavy atom. The standard InChI is InChI=1S/C21H23N3O3S/c25-19(10-3-11-22-20(26)17-8-5-13-27-17)24-12-4-6-15(14-24)21-23-16-7-1-2-9-18(16)28-21/h1-2,5,7-9,13,15H,3-4,6,10-12,14H2,(H,22,26)/t15-/m0/s1. The number of carbonyl (C=O) groups is 2. The molecule has 1 saturated heterocycles. The monoisotopic (exact) mass is 397 g/mol. The topological polar surface area (TPSA) is 75.4 Å². The Morgan fingerprint density at radius 2 is 2.14 bits per heavy atom. The minimum atomic E-state index is -0.244. The number of piperidine rings is 1. The molecule has 0 aliphatic carbocycles. The molecule has 0 radical (unpaired) electrons. The Labute approximate surface area is 167 Å². The lowest BCUT2D eigenvalue weighted by Gasteiger charge is -2.32. The third kappa shape index (κ3) is 4.25. The largest absolute Gasteiger partial charge is 0.459 e. The third-order valence-corrected chi connectivity index (χ3v) is 6.23. The number of rotatable bonds is 6. The summed E-state index contributed by atoms with van der Waals surface area (Å²) in [7, 11) is 0. The molecule has 0 bridgehead atoms. The molecule has 0 unspecified atom stereocenters. The molecule has 3 aromatic rings. The Kier molecular flexibility index (Phi) is 5.71. The molecule has 4 rings (SSSR count). The smallest absolute Gasteiger partial charge is 0.286 e. The summed E-state index contributed by atoms with van der Waals surface area (Å²) in [5, 5.41) is 3.91. The summed E-state index contributed by atoms with van der Waals surface area (Å²) in [6.07, 6.45) is 4.60. The number of furan rings is 1. The molecule has 146 valence electrons. The summed E-state index contributed by atoms with van der Waals surface area (Å²) in [6, 6.07) is 11.5. The van der Waals surface area contributed by atoms with Crippen molar-refractivity contribution in [3.63, 3.8) is 0 Å². The number of nitrogens with one attached hydrogen (secondary N) is 1. The number of thiazole rings is 1. The number of likely N-dealkylation sites (tertiary alicyclic amines) is 1. The van der Waals surface area contributed by atoms with Crippen LogP contribution in [-0.4, -0.2) is 41.3 Å². The fraction of sp³-hybridized carbons (Fsp3) is 0.381. The second kappa shape index (κ2) is 8.56. The van der Waals surface area contributed by atoms with E-state index in [-0.39, 0.29) is 11.8 Å². The second-order valence-corrected chi connectivity index (χ2v) is 8.10. The van der Waals surface area contributed by atoms with Crippen molar-refractivity contribution in [2.45, 2.75) is 31.6 Å². The first kappa shape index (κ1) is 18.7. The van der Waals surface area contributed by atoms with Crippen molar-refractivity contribution in [2.75, 3.05) is 19.6 Å². The van der Waals surface area contributed by atoms with E-state index < -0.39 is 0 Å². The van der Waals surface area contributed by atoms with Crippen LogP contribution in [0.3, 0.4) is 0 Å².